The molecule has 1 aliphatic heterocycles. The van der Waals surface area contributed by atoms with Crippen LogP contribution in [-0.2, 0) is 25.5 Å². The van der Waals surface area contributed by atoms with Crippen LogP contribution in [0.5, 0.6) is 0 Å². The van der Waals surface area contributed by atoms with Crippen LogP contribution in [0.3, 0.4) is 0 Å². The second kappa shape index (κ2) is 16.8. The first kappa shape index (κ1) is 36.5. The van der Waals surface area contributed by atoms with Gasteiger partial charge in [-0.15, -0.1) is 10.2 Å². The van der Waals surface area contributed by atoms with E-state index in [4.69, 9.17) is 9.47 Å². The van der Waals surface area contributed by atoms with Crippen LogP contribution in [0.1, 0.15) is 52.0 Å². The van der Waals surface area contributed by atoms with Gasteiger partial charge < -0.3 is 30.3 Å². The normalized spacial score (nSPS) is 18.2. The van der Waals surface area contributed by atoms with E-state index in [-0.39, 0.29) is 23.7 Å². The van der Waals surface area contributed by atoms with Crippen LogP contribution in [0.15, 0.2) is 72.8 Å². The van der Waals surface area contributed by atoms with Gasteiger partial charge in [-0.3, -0.25) is 9.59 Å². The molecule has 13 heteroatoms. The van der Waals surface area contributed by atoms with Gasteiger partial charge in [-0.05, 0) is 111 Å². The zero-order valence-corrected chi connectivity index (χ0v) is 30.1. The molecular weight excluding hydrogens is 660 g/mol. The van der Waals surface area contributed by atoms with Crippen molar-refractivity contribution < 1.29 is 23.9 Å². The monoisotopic (exact) mass is 708 g/mol. The van der Waals surface area contributed by atoms with Gasteiger partial charge in [-0.25, -0.2) is 4.79 Å². The molecule has 0 radical (unpaired) electrons. The summed E-state index contributed by atoms with van der Waals surface area (Å²) in [6.45, 7) is 9.27. The van der Waals surface area contributed by atoms with E-state index in [1.165, 1.54) is 5.69 Å². The standard InChI is InChI=1S/C39H48N8O5/c1-39(2,3)52-38(50)40-25-27-6-10-31(11-7-27)36(48)42-34(37(49)41-32-16-12-30(13-17-32)35-43-45-46-44-35)24-26-4-8-28(9-5-26)29-14-18-33(19-15-29)47-20-22-51-23-21-47/h4-5,8-9,12-19,27,31,34H,6-7,10-11,20-25H2,1-3H3,(H,40,50)(H,41,49)(H,42,48)(H,43,44,45,46). The molecule has 6 rings (SSSR count). The van der Waals surface area contributed by atoms with Crippen molar-refractivity contribution in [1.29, 1.82) is 0 Å². The predicted octanol–water partition coefficient (Wildman–Crippen LogP) is 5.37. The van der Waals surface area contributed by atoms with Gasteiger partial charge in [0.2, 0.25) is 17.6 Å². The number of ether oxygens (including phenoxy) is 2. The number of nitrogens with zero attached hydrogens (tertiary/aromatic N) is 4. The van der Waals surface area contributed by atoms with Gasteiger partial charge in [0, 0.05) is 48.9 Å². The molecule has 1 saturated heterocycles. The first-order chi connectivity index (χ1) is 25.1. The topological polar surface area (TPSA) is 163 Å². The van der Waals surface area contributed by atoms with Crippen LogP contribution < -0.4 is 20.9 Å². The fourth-order valence-electron chi connectivity index (χ4n) is 6.64. The number of aromatic amines is 1. The zero-order valence-electron chi connectivity index (χ0n) is 30.1. The molecule has 3 amide bonds. The SMILES string of the molecule is CC(C)(C)OC(=O)NCC1CCC(C(=O)NC(Cc2ccc(-c3ccc(N4CCOCC4)cc3)cc2)C(=O)Nc2ccc(-c3nn[nH]n3)cc2)CC1. The average Bonchev–Trinajstić information content (AvgIpc) is 3.70. The summed E-state index contributed by atoms with van der Waals surface area (Å²) < 4.78 is 10.8. The summed E-state index contributed by atoms with van der Waals surface area (Å²) in [4.78, 5) is 41.8. The molecule has 0 spiro atoms. The molecule has 52 heavy (non-hydrogen) atoms. The Labute approximate surface area is 304 Å². The van der Waals surface area contributed by atoms with Crippen LogP contribution in [0.4, 0.5) is 16.2 Å². The maximum absolute atomic E-state index is 13.8. The number of anilines is 2. The molecule has 2 aliphatic rings. The fourth-order valence-corrected chi connectivity index (χ4v) is 6.64. The number of tetrazole rings is 1. The number of nitrogens with one attached hydrogen (secondary N) is 4. The van der Waals surface area contributed by atoms with Crippen molar-refractivity contribution in [3.8, 4) is 22.5 Å². The second-order valence-corrected chi connectivity index (χ2v) is 14.5. The Morgan fingerprint density at radius 2 is 1.52 bits per heavy atom. The number of hydrogen-bond donors (Lipinski definition) is 4. The Bertz CT molecular complexity index is 1760. The van der Waals surface area contributed by atoms with Crippen molar-refractivity contribution in [3.63, 3.8) is 0 Å². The van der Waals surface area contributed by atoms with E-state index in [1.54, 1.807) is 24.3 Å². The lowest BCUT2D eigenvalue weighted by atomic mass is 9.81. The van der Waals surface area contributed by atoms with Crippen LogP contribution in [0, 0.1) is 11.8 Å². The molecule has 2 fully saturated rings. The molecule has 1 saturated carbocycles. The number of rotatable bonds is 11. The Morgan fingerprint density at radius 1 is 0.885 bits per heavy atom. The highest BCUT2D eigenvalue weighted by molar-refractivity contribution is 5.97. The third kappa shape index (κ3) is 10.2. The van der Waals surface area contributed by atoms with Crippen molar-refractivity contribution in [3.05, 3.63) is 78.4 Å². The number of carbonyl (C=O) groups is 3. The van der Waals surface area contributed by atoms with Crippen LogP contribution in [0.2, 0.25) is 0 Å². The van der Waals surface area contributed by atoms with Gasteiger partial charge in [0.1, 0.15) is 11.6 Å². The minimum absolute atomic E-state index is 0.136. The summed E-state index contributed by atoms with van der Waals surface area (Å²) in [6, 6.07) is 23.0. The average molecular weight is 709 g/mol. The molecule has 1 atom stereocenters. The summed E-state index contributed by atoms with van der Waals surface area (Å²) in [5.74, 6) is 0.0574. The molecule has 2 heterocycles. The maximum Gasteiger partial charge on any atom is 0.407 e. The van der Waals surface area contributed by atoms with Crippen LogP contribution >= 0.6 is 0 Å². The molecule has 4 N–H and O–H groups in total. The lowest BCUT2D eigenvalue weighted by Crippen LogP contribution is -2.48. The summed E-state index contributed by atoms with van der Waals surface area (Å²) in [5.41, 5.74) is 5.07. The Balaban J connectivity index is 1.09. The van der Waals surface area contributed by atoms with E-state index < -0.39 is 17.7 Å². The van der Waals surface area contributed by atoms with Gasteiger partial charge in [-0.1, -0.05) is 36.4 Å². The number of alkyl carbamates (subject to hydrolysis) is 1. The van der Waals surface area contributed by atoms with E-state index in [0.717, 1.165) is 61.4 Å². The predicted molar refractivity (Wildman–Crippen MR) is 198 cm³/mol. The molecule has 4 aromatic rings. The van der Waals surface area contributed by atoms with Crippen molar-refractivity contribution >= 4 is 29.3 Å². The van der Waals surface area contributed by atoms with Gasteiger partial charge in [0.15, 0.2) is 0 Å². The number of amides is 3. The van der Waals surface area contributed by atoms with Gasteiger partial charge in [0.25, 0.3) is 0 Å². The number of carbonyl (C=O) groups excluding carboxylic acids is 3. The summed E-state index contributed by atoms with van der Waals surface area (Å²) in [7, 11) is 0. The van der Waals surface area contributed by atoms with Crippen molar-refractivity contribution in [2.24, 2.45) is 11.8 Å². The molecule has 1 unspecified atom stereocenters. The first-order valence-electron chi connectivity index (χ1n) is 18.0. The number of benzene rings is 3. The number of aromatic nitrogens is 4. The summed E-state index contributed by atoms with van der Waals surface area (Å²) in [6.07, 6.45) is 2.85. The molecule has 13 nitrogen and oxygen atoms in total. The van der Waals surface area contributed by atoms with Crippen molar-refractivity contribution in [2.45, 2.75) is 64.5 Å². The highest BCUT2D eigenvalue weighted by atomic mass is 16.6. The molecule has 1 aliphatic carbocycles. The van der Waals surface area contributed by atoms with Gasteiger partial charge >= 0.3 is 6.09 Å². The van der Waals surface area contributed by atoms with Gasteiger partial charge in [0.05, 0.1) is 13.2 Å². The minimum atomic E-state index is -0.797. The third-order valence-corrected chi connectivity index (χ3v) is 9.51. The van der Waals surface area contributed by atoms with Crippen molar-refractivity contribution in [1.82, 2.24) is 31.3 Å². The largest absolute Gasteiger partial charge is 0.444 e. The van der Waals surface area contributed by atoms with E-state index in [9.17, 15) is 14.4 Å². The number of H-pyrrole nitrogens is 1. The zero-order chi connectivity index (χ0) is 36.5. The van der Waals surface area contributed by atoms with E-state index >= 15 is 0 Å². The van der Waals surface area contributed by atoms with E-state index in [0.29, 0.717) is 37.3 Å². The molecular formula is C39H48N8O5. The fraction of sp³-hybridized carbons (Fsp3) is 0.436. The first-order valence-corrected chi connectivity index (χ1v) is 18.0. The number of hydrogen-bond acceptors (Lipinski definition) is 9. The van der Waals surface area contributed by atoms with E-state index in [1.807, 2.05) is 32.9 Å². The lowest BCUT2D eigenvalue weighted by molar-refractivity contribution is -0.130. The quantitative estimate of drug-likeness (QED) is 0.161. The molecule has 1 aromatic heterocycles. The second-order valence-electron chi connectivity index (χ2n) is 14.5. The highest BCUT2D eigenvalue weighted by Gasteiger charge is 2.30. The molecule has 274 valence electrons. The number of morpholine rings is 1. The maximum atomic E-state index is 13.8. The lowest BCUT2D eigenvalue weighted by Gasteiger charge is -2.29. The van der Waals surface area contributed by atoms with Crippen molar-refractivity contribution in [2.75, 3.05) is 43.1 Å². The molecule has 0 bridgehead atoms. The van der Waals surface area contributed by atoms with Crippen LogP contribution in [-0.4, -0.2) is 83.0 Å². The molecule has 3 aromatic carbocycles. The Morgan fingerprint density at radius 3 is 2.13 bits per heavy atom. The van der Waals surface area contributed by atoms with Crippen LogP contribution in [0.25, 0.3) is 22.5 Å². The smallest absolute Gasteiger partial charge is 0.407 e. The Kier molecular flexibility index (Phi) is 11.8. The van der Waals surface area contributed by atoms with Gasteiger partial charge in [-0.2, -0.15) is 5.21 Å². The summed E-state index contributed by atoms with van der Waals surface area (Å²) in [5, 5.41) is 23.0. The highest BCUT2D eigenvalue weighted by Crippen LogP contribution is 2.29. The summed E-state index contributed by atoms with van der Waals surface area (Å²) >= 11 is 0. The minimum Gasteiger partial charge on any atom is -0.444 e. The third-order valence-electron chi connectivity index (χ3n) is 9.51. The van der Waals surface area contributed by atoms with E-state index in [2.05, 4.69) is 77.9 Å². The Hall–Kier alpha value is -5.30.